The lowest BCUT2D eigenvalue weighted by atomic mass is 10.2. The molecule has 5 heteroatoms. The molecule has 1 amide bonds. The lowest BCUT2D eigenvalue weighted by molar-refractivity contribution is 0.0747. The highest BCUT2D eigenvalue weighted by Crippen LogP contribution is 2.11. The van der Waals surface area contributed by atoms with Gasteiger partial charge in [0.15, 0.2) is 0 Å². The van der Waals surface area contributed by atoms with Crippen LogP contribution in [-0.4, -0.2) is 28.9 Å². The van der Waals surface area contributed by atoms with Gasteiger partial charge >= 0.3 is 0 Å². The van der Waals surface area contributed by atoms with Gasteiger partial charge in [0.25, 0.3) is 5.91 Å². The van der Waals surface area contributed by atoms with Gasteiger partial charge in [-0.25, -0.2) is 4.98 Å². The van der Waals surface area contributed by atoms with Crippen molar-refractivity contribution in [3.05, 3.63) is 16.1 Å². The van der Waals surface area contributed by atoms with E-state index in [2.05, 4.69) is 11.1 Å². The number of aryl methyl sites for hydroxylation is 1. The van der Waals surface area contributed by atoms with E-state index in [-0.39, 0.29) is 11.8 Å². The minimum absolute atomic E-state index is 0.0889. The third-order valence-corrected chi connectivity index (χ3v) is 3.00. The Kier molecular flexibility index (Phi) is 4.44. The Morgan fingerprint density at radius 2 is 2.44 bits per heavy atom. The molecule has 0 aliphatic carbocycles. The summed E-state index contributed by atoms with van der Waals surface area (Å²) in [5, 5.41) is 11.4. The Hall–Kier alpha value is -1.41. The molecule has 1 atom stereocenters. The van der Waals surface area contributed by atoms with Gasteiger partial charge in [-0.3, -0.25) is 4.79 Å². The van der Waals surface area contributed by atoms with E-state index in [9.17, 15) is 4.79 Å². The zero-order chi connectivity index (χ0) is 12.1. The van der Waals surface area contributed by atoms with Gasteiger partial charge < -0.3 is 4.90 Å². The molecule has 4 nitrogen and oxygen atoms in total. The number of thiazole rings is 1. The Bertz CT molecular complexity index is 408. The first-order valence-corrected chi connectivity index (χ1v) is 6.07. The van der Waals surface area contributed by atoms with Crippen LogP contribution >= 0.6 is 11.3 Å². The van der Waals surface area contributed by atoms with Crippen molar-refractivity contribution < 1.29 is 4.79 Å². The number of aromatic nitrogens is 1. The summed E-state index contributed by atoms with van der Waals surface area (Å²) < 4.78 is 0. The van der Waals surface area contributed by atoms with E-state index in [4.69, 9.17) is 5.26 Å². The molecule has 0 aliphatic rings. The van der Waals surface area contributed by atoms with Gasteiger partial charge in [0.1, 0.15) is 5.69 Å². The molecule has 0 aliphatic heterocycles. The smallest absolute Gasteiger partial charge is 0.273 e. The molecule has 0 N–H and O–H groups in total. The highest BCUT2D eigenvalue weighted by atomic mass is 32.1. The van der Waals surface area contributed by atoms with Crippen LogP contribution in [0.25, 0.3) is 0 Å². The summed E-state index contributed by atoms with van der Waals surface area (Å²) in [6, 6.07) is 2.13. The molecule has 1 heterocycles. The van der Waals surface area contributed by atoms with E-state index in [1.54, 1.807) is 10.3 Å². The van der Waals surface area contributed by atoms with Gasteiger partial charge in [-0.2, -0.15) is 5.26 Å². The second-order valence-corrected chi connectivity index (χ2v) is 4.69. The van der Waals surface area contributed by atoms with Crippen LogP contribution in [0.4, 0.5) is 0 Å². The maximum absolute atomic E-state index is 12.0. The summed E-state index contributed by atoms with van der Waals surface area (Å²) in [4.78, 5) is 17.8. The number of hydrogen-bond acceptors (Lipinski definition) is 4. The summed E-state index contributed by atoms with van der Waals surface area (Å²) in [6.45, 7) is 6.64. The van der Waals surface area contributed by atoms with Gasteiger partial charge in [0.2, 0.25) is 0 Å². The fourth-order valence-electron chi connectivity index (χ4n) is 1.35. The van der Waals surface area contributed by atoms with Crippen molar-refractivity contribution in [2.24, 2.45) is 5.92 Å². The molecule has 0 saturated carbocycles. The van der Waals surface area contributed by atoms with E-state index < -0.39 is 0 Å². The first-order chi connectivity index (χ1) is 7.58. The van der Waals surface area contributed by atoms with Crippen molar-refractivity contribution >= 4 is 17.2 Å². The number of amides is 1. The van der Waals surface area contributed by atoms with Crippen LogP contribution in [0.3, 0.4) is 0 Å². The van der Waals surface area contributed by atoms with Gasteiger partial charge in [0.05, 0.1) is 17.0 Å². The quantitative estimate of drug-likeness (QED) is 0.805. The van der Waals surface area contributed by atoms with Gasteiger partial charge in [-0.1, -0.05) is 0 Å². The molecular formula is C11H15N3OS. The van der Waals surface area contributed by atoms with Crippen molar-refractivity contribution in [3.8, 4) is 6.07 Å². The standard InChI is InChI=1S/C11H15N3OS/c1-4-14(6-8(2)5-12)11(15)10-7-16-9(3)13-10/h7-8H,4,6H2,1-3H3. The molecule has 1 unspecified atom stereocenters. The first-order valence-electron chi connectivity index (χ1n) is 5.19. The topological polar surface area (TPSA) is 57.0 Å². The zero-order valence-corrected chi connectivity index (χ0v) is 10.5. The third-order valence-electron chi connectivity index (χ3n) is 2.22. The van der Waals surface area contributed by atoms with Crippen LogP contribution in [0.5, 0.6) is 0 Å². The summed E-state index contributed by atoms with van der Waals surface area (Å²) in [7, 11) is 0. The molecule has 0 aromatic carbocycles. The molecule has 1 rings (SSSR count). The molecule has 86 valence electrons. The van der Waals surface area contributed by atoms with Crippen molar-refractivity contribution in [1.82, 2.24) is 9.88 Å². The maximum atomic E-state index is 12.0. The number of nitrogens with zero attached hydrogens (tertiary/aromatic N) is 3. The highest BCUT2D eigenvalue weighted by molar-refractivity contribution is 7.09. The van der Waals surface area contributed by atoms with E-state index in [0.29, 0.717) is 18.8 Å². The Morgan fingerprint density at radius 3 is 2.88 bits per heavy atom. The number of rotatable bonds is 4. The fourth-order valence-corrected chi connectivity index (χ4v) is 1.94. The number of nitriles is 1. The molecule has 0 bridgehead atoms. The van der Waals surface area contributed by atoms with Gasteiger partial charge in [0, 0.05) is 18.5 Å². The third kappa shape index (κ3) is 3.04. The minimum atomic E-state index is -0.149. The van der Waals surface area contributed by atoms with Crippen LogP contribution < -0.4 is 0 Å². The number of carbonyl (C=O) groups excluding carboxylic acids is 1. The maximum Gasteiger partial charge on any atom is 0.273 e. The zero-order valence-electron chi connectivity index (χ0n) is 9.73. The van der Waals surface area contributed by atoms with Crippen LogP contribution in [0.2, 0.25) is 0 Å². The molecule has 0 spiro atoms. The second kappa shape index (κ2) is 5.61. The molecule has 0 saturated heterocycles. The van der Waals surface area contributed by atoms with Crippen LogP contribution in [0, 0.1) is 24.2 Å². The lowest BCUT2D eigenvalue weighted by Crippen LogP contribution is -2.34. The summed E-state index contributed by atoms with van der Waals surface area (Å²) in [6.07, 6.45) is 0. The molecule has 0 radical (unpaired) electrons. The van der Waals surface area contributed by atoms with Crippen LogP contribution in [-0.2, 0) is 0 Å². The second-order valence-electron chi connectivity index (χ2n) is 3.63. The Balaban J connectivity index is 2.74. The van der Waals surface area contributed by atoms with Crippen molar-refractivity contribution in [1.29, 1.82) is 5.26 Å². The average molecular weight is 237 g/mol. The first kappa shape index (κ1) is 12.7. The summed E-state index contributed by atoms with van der Waals surface area (Å²) in [5.41, 5.74) is 0.481. The monoisotopic (exact) mass is 237 g/mol. The number of hydrogen-bond donors (Lipinski definition) is 0. The predicted molar refractivity (Wildman–Crippen MR) is 63.2 cm³/mol. The largest absolute Gasteiger partial charge is 0.336 e. The van der Waals surface area contributed by atoms with Gasteiger partial charge in [-0.05, 0) is 20.8 Å². The summed E-state index contributed by atoms with van der Waals surface area (Å²) in [5.74, 6) is -0.238. The Morgan fingerprint density at radius 1 is 1.75 bits per heavy atom. The van der Waals surface area contributed by atoms with Crippen LogP contribution in [0.1, 0.15) is 29.3 Å². The van der Waals surface area contributed by atoms with E-state index in [1.807, 2.05) is 20.8 Å². The molecular weight excluding hydrogens is 222 g/mol. The predicted octanol–water partition coefficient (Wildman–Crippen LogP) is 2.07. The average Bonchev–Trinajstić information content (AvgIpc) is 2.71. The molecule has 1 aromatic heterocycles. The lowest BCUT2D eigenvalue weighted by Gasteiger charge is -2.20. The summed E-state index contributed by atoms with van der Waals surface area (Å²) >= 11 is 1.46. The van der Waals surface area contributed by atoms with Crippen molar-refractivity contribution in [2.45, 2.75) is 20.8 Å². The van der Waals surface area contributed by atoms with E-state index >= 15 is 0 Å². The highest BCUT2D eigenvalue weighted by Gasteiger charge is 2.18. The van der Waals surface area contributed by atoms with E-state index in [0.717, 1.165) is 5.01 Å². The van der Waals surface area contributed by atoms with E-state index in [1.165, 1.54) is 11.3 Å². The fraction of sp³-hybridized carbons (Fsp3) is 0.545. The molecule has 16 heavy (non-hydrogen) atoms. The van der Waals surface area contributed by atoms with Gasteiger partial charge in [-0.15, -0.1) is 11.3 Å². The number of carbonyl (C=O) groups is 1. The van der Waals surface area contributed by atoms with Crippen molar-refractivity contribution in [3.63, 3.8) is 0 Å². The van der Waals surface area contributed by atoms with Crippen molar-refractivity contribution in [2.75, 3.05) is 13.1 Å². The minimum Gasteiger partial charge on any atom is -0.336 e. The molecule has 0 fully saturated rings. The molecule has 1 aromatic rings. The van der Waals surface area contributed by atoms with Crippen LogP contribution in [0.15, 0.2) is 5.38 Å². The Labute approximate surface area is 99.5 Å². The SMILES string of the molecule is CCN(CC(C)C#N)C(=O)c1csc(C)n1. The normalized spacial score (nSPS) is 11.9.